The van der Waals surface area contributed by atoms with E-state index >= 15 is 0 Å². The summed E-state index contributed by atoms with van der Waals surface area (Å²) in [7, 11) is 3.77. The van der Waals surface area contributed by atoms with E-state index in [1.54, 1.807) is 18.2 Å². The second-order valence-electron chi connectivity index (χ2n) is 8.77. The fraction of sp³-hybridized carbons (Fsp3) is 0.320. The molecule has 1 aliphatic rings. The van der Waals surface area contributed by atoms with Crippen LogP contribution in [-0.2, 0) is 15.7 Å². The fourth-order valence-electron chi connectivity index (χ4n) is 3.73. The minimum atomic E-state index is -4.61. The van der Waals surface area contributed by atoms with Crippen molar-refractivity contribution in [3.63, 3.8) is 0 Å². The van der Waals surface area contributed by atoms with Crippen molar-refractivity contribution < 1.29 is 27.4 Å². The average Bonchev–Trinajstić information content (AvgIpc) is 3.33. The topological polar surface area (TPSA) is 115 Å². The molecular formula is C25H27F3N6O3. The lowest BCUT2D eigenvalue weighted by Gasteiger charge is -2.18. The lowest BCUT2D eigenvalue weighted by atomic mass is 10.1. The van der Waals surface area contributed by atoms with E-state index in [1.165, 1.54) is 24.5 Å². The zero-order valence-electron chi connectivity index (χ0n) is 20.3. The normalized spacial score (nSPS) is 16.0. The predicted octanol–water partition coefficient (Wildman–Crippen LogP) is 4.20. The second-order valence-corrected chi connectivity index (χ2v) is 8.77. The number of nitrogens with zero attached hydrogens (tertiary/aromatic N) is 3. The Kier molecular flexibility index (Phi) is 7.79. The number of fused-ring (bicyclic) bond motifs is 1. The van der Waals surface area contributed by atoms with Gasteiger partial charge in [0.1, 0.15) is 24.0 Å². The standard InChI is InChI=1S/C25H27F3N6O3/c1-34(2)8-3-4-23(35)33-21-11-17-20(12-22(21)37-16-7-9-36-13-16)30-14-31-24(17)32-15-5-6-19(29)18(10-15)25(26,27)28/h3-6,10-12,14,16H,7-9,13,29H2,1-2H3,(H,33,35)(H,30,31,32)/b4-3+/t16-/m0/s1. The number of nitrogens with one attached hydrogen (secondary N) is 2. The molecular weight excluding hydrogens is 489 g/mol. The van der Waals surface area contributed by atoms with Gasteiger partial charge in [-0.2, -0.15) is 13.2 Å². The first-order chi connectivity index (χ1) is 17.6. The lowest BCUT2D eigenvalue weighted by Crippen LogP contribution is -2.18. The maximum absolute atomic E-state index is 13.3. The predicted molar refractivity (Wildman–Crippen MR) is 135 cm³/mol. The number of likely N-dealkylation sites (N-methyl/N-ethyl adjacent to an activating group) is 1. The van der Waals surface area contributed by atoms with Crippen LogP contribution in [0.3, 0.4) is 0 Å². The van der Waals surface area contributed by atoms with Gasteiger partial charge in [-0.05, 0) is 38.4 Å². The van der Waals surface area contributed by atoms with Gasteiger partial charge in [-0.25, -0.2) is 9.97 Å². The zero-order chi connectivity index (χ0) is 26.6. The van der Waals surface area contributed by atoms with Crippen LogP contribution in [0.2, 0.25) is 0 Å². The Hall–Kier alpha value is -3.90. The first-order valence-corrected chi connectivity index (χ1v) is 11.5. The highest BCUT2D eigenvalue weighted by Gasteiger charge is 2.33. The molecule has 1 saturated heterocycles. The molecule has 0 radical (unpaired) electrons. The number of nitrogen functional groups attached to an aromatic ring is 1. The molecule has 1 aliphatic heterocycles. The van der Waals surface area contributed by atoms with Gasteiger partial charge in [0.2, 0.25) is 5.91 Å². The Morgan fingerprint density at radius 2 is 2.08 bits per heavy atom. The number of nitrogens with two attached hydrogens (primary N) is 1. The lowest BCUT2D eigenvalue weighted by molar-refractivity contribution is -0.136. The van der Waals surface area contributed by atoms with E-state index in [9.17, 15) is 18.0 Å². The van der Waals surface area contributed by atoms with Crippen molar-refractivity contribution in [2.45, 2.75) is 18.7 Å². The van der Waals surface area contributed by atoms with Gasteiger partial charge in [-0.15, -0.1) is 0 Å². The van der Waals surface area contributed by atoms with Crippen molar-refractivity contribution in [1.82, 2.24) is 14.9 Å². The summed E-state index contributed by atoms with van der Waals surface area (Å²) in [5.74, 6) is 0.277. The average molecular weight is 517 g/mol. The van der Waals surface area contributed by atoms with Crippen LogP contribution in [0.25, 0.3) is 10.9 Å². The number of benzene rings is 2. The van der Waals surface area contributed by atoms with Crippen molar-refractivity contribution in [2.75, 3.05) is 50.2 Å². The Balaban J connectivity index is 1.70. The maximum Gasteiger partial charge on any atom is 0.418 e. The smallest absolute Gasteiger partial charge is 0.418 e. The molecule has 0 aliphatic carbocycles. The van der Waals surface area contributed by atoms with Crippen LogP contribution in [0.5, 0.6) is 5.75 Å². The van der Waals surface area contributed by atoms with Gasteiger partial charge in [-0.1, -0.05) is 6.08 Å². The third kappa shape index (κ3) is 6.66. The van der Waals surface area contributed by atoms with Crippen molar-refractivity contribution in [2.24, 2.45) is 0 Å². The largest absolute Gasteiger partial charge is 0.486 e. The summed E-state index contributed by atoms with van der Waals surface area (Å²) in [4.78, 5) is 23.0. The zero-order valence-corrected chi connectivity index (χ0v) is 20.3. The molecule has 1 aromatic heterocycles. The monoisotopic (exact) mass is 516 g/mol. The van der Waals surface area contributed by atoms with Crippen LogP contribution in [0.1, 0.15) is 12.0 Å². The molecule has 196 valence electrons. The van der Waals surface area contributed by atoms with E-state index in [2.05, 4.69) is 20.6 Å². The van der Waals surface area contributed by atoms with E-state index < -0.39 is 11.7 Å². The molecule has 0 saturated carbocycles. The molecule has 1 amide bonds. The number of amides is 1. The van der Waals surface area contributed by atoms with Crippen LogP contribution in [-0.4, -0.2) is 60.7 Å². The molecule has 12 heteroatoms. The Morgan fingerprint density at radius 1 is 1.27 bits per heavy atom. The second kappa shape index (κ2) is 11.0. The third-order valence-electron chi connectivity index (χ3n) is 5.54. The molecule has 3 aromatic rings. The van der Waals surface area contributed by atoms with Crippen molar-refractivity contribution in [1.29, 1.82) is 0 Å². The molecule has 4 N–H and O–H groups in total. The third-order valence-corrected chi connectivity index (χ3v) is 5.54. The summed E-state index contributed by atoms with van der Waals surface area (Å²) < 4.78 is 51.5. The number of alkyl halides is 3. The Bertz CT molecular complexity index is 1310. The van der Waals surface area contributed by atoms with Crippen LogP contribution in [0.15, 0.2) is 48.8 Å². The van der Waals surface area contributed by atoms with E-state index in [0.29, 0.717) is 48.5 Å². The summed E-state index contributed by atoms with van der Waals surface area (Å²) >= 11 is 0. The van der Waals surface area contributed by atoms with Crippen LogP contribution >= 0.6 is 0 Å². The summed E-state index contributed by atoms with van der Waals surface area (Å²) in [6.07, 6.45) is 0.328. The molecule has 2 aromatic carbocycles. The number of hydrogen-bond donors (Lipinski definition) is 3. The first-order valence-electron chi connectivity index (χ1n) is 11.5. The summed E-state index contributed by atoms with van der Waals surface area (Å²) in [6, 6.07) is 6.80. The van der Waals surface area contributed by atoms with Gasteiger partial charge in [0.25, 0.3) is 0 Å². The van der Waals surface area contributed by atoms with E-state index in [4.69, 9.17) is 15.2 Å². The minimum Gasteiger partial charge on any atom is -0.486 e. The van der Waals surface area contributed by atoms with E-state index in [0.717, 1.165) is 6.07 Å². The summed E-state index contributed by atoms with van der Waals surface area (Å²) in [5, 5.41) is 6.19. The maximum atomic E-state index is 13.3. The quantitative estimate of drug-likeness (QED) is 0.302. The van der Waals surface area contributed by atoms with Gasteiger partial charge in [0.05, 0.1) is 30.0 Å². The number of carbonyl (C=O) groups excluding carboxylic acids is 1. The highest BCUT2D eigenvalue weighted by atomic mass is 19.4. The Morgan fingerprint density at radius 3 is 2.78 bits per heavy atom. The minimum absolute atomic E-state index is 0.141. The molecule has 0 unspecified atom stereocenters. The van der Waals surface area contributed by atoms with Crippen LogP contribution in [0.4, 0.5) is 36.1 Å². The van der Waals surface area contributed by atoms with E-state index in [-0.39, 0.29) is 29.2 Å². The molecule has 4 rings (SSSR count). The number of halogens is 3. The molecule has 1 atom stereocenters. The van der Waals surface area contributed by atoms with Gasteiger partial charge in [-0.3, -0.25) is 4.79 Å². The number of anilines is 4. The fourth-order valence-corrected chi connectivity index (χ4v) is 3.73. The molecule has 9 nitrogen and oxygen atoms in total. The van der Waals surface area contributed by atoms with Crippen molar-refractivity contribution in [3.8, 4) is 5.75 Å². The number of carbonyl (C=O) groups is 1. The Labute approximate surface area is 211 Å². The first kappa shape index (κ1) is 26.2. The SMILES string of the molecule is CN(C)C/C=C/C(=O)Nc1cc2c(Nc3ccc(N)c(C(F)(F)F)c3)ncnc2cc1O[C@H]1CCOC1. The van der Waals surface area contributed by atoms with Gasteiger partial charge < -0.3 is 30.7 Å². The molecule has 1 fully saturated rings. The molecule has 37 heavy (non-hydrogen) atoms. The van der Waals surface area contributed by atoms with Crippen LogP contribution in [0, 0.1) is 0 Å². The number of aromatic nitrogens is 2. The number of hydrogen-bond acceptors (Lipinski definition) is 8. The van der Waals surface area contributed by atoms with Gasteiger partial charge in [0, 0.05) is 41.9 Å². The summed E-state index contributed by atoms with van der Waals surface area (Å²) in [5.41, 5.74) is 5.16. The van der Waals surface area contributed by atoms with Crippen LogP contribution < -0.4 is 21.1 Å². The highest BCUT2D eigenvalue weighted by Crippen LogP contribution is 2.37. The number of rotatable bonds is 8. The molecule has 0 spiro atoms. The van der Waals surface area contributed by atoms with Gasteiger partial charge in [0.15, 0.2) is 0 Å². The molecule has 0 bridgehead atoms. The molecule has 2 heterocycles. The van der Waals surface area contributed by atoms with E-state index in [1.807, 2.05) is 19.0 Å². The summed E-state index contributed by atoms with van der Waals surface area (Å²) in [6.45, 7) is 1.58. The van der Waals surface area contributed by atoms with Crippen molar-refractivity contribution in [3.05, 3.63) is 54.4 Å². The number of ether oxygens (including phenoxy) is 2. The van der Waals surface area contributed by atoms with Gasteiger partial charge >= 0.3 is 6.18 Å². The highest BCUT2D eigenvalue weighted by molar-refractivity contribution is 6.03. The van der Waals surface area contributed by atoms with Crippen molar-refractivity contribution >= 4 is 39.7 Å².